The van der Waals surface area contributed by atoms with Crippen LogP contribution in [0.25, 0.3) is 11.0 Å². The van der Waals surface area contributed by atoms with Crippen LogP contribution in [0.2, 0.25) is 0 Å². The van der Waals surface area contributed by atoms with E-state index in [1.54, 1.807) is 0 Å². The minimum Gasteiger partial charge on any atom is -0.315 e. The number of imidazole rings is 1. The second-order valence-corrected chi connectivity index (χ2v) is 10.4. The third-order valence-electron chi connectivity index (χ3n) is 6.89. The van der Waals surface area contributed by atoms with E-state index in [2.05, 4.69) is 44.2 Å². The van der Waals surface area contributed by atoms with Gasteiger partial charge in [0.25, 0.3) is 11.6 Å². The van der Waals surface area contributed by atoms with Crippen molar-refractivity contribution in [3.63, 3.8) is 0 Å². The van der Waals surface area contributed by atoms with E-state index in [9.17, 15) is 14.9 Å². The van der Waals surface area contributed by atoms with Crippen LogP contribution in [0, 0.1) is 10.1 Å². The number of thiophene rings is 1. The average molecular weight is 498 g/mol. The third-order valence-corrected chi connectivity index (χ3v) is 7.80. The van der Waals surface area contributed by atoms with Crippen LogP contribution >= 0.6 is 11.3 Å². The van der Waals surface area contributed by atoms with Crippen LogP contribution < -0.4 is 10.6 Å². The molecule has 0 unspecified atom stereocenters. The van der Waals surface area contributed by atoms with Crippen molar-refractivity contribution >= 4 is 39.9 Å². The van der Waals surface area contributed by atoms with Gasteiger partial charge in [-0.05, 0) is 44.1 Å². The summed E-state index contributed by atoms with van der Waals surface area (Å²) in [6, 6.07) is 7.84. The SMILES string of the molecule is CN1CCN(Cc2ccc3nc(NC(=O)c4cc([N+](=O)[O-])cs4)n([C@@H]4CCCCNC4)c3c2)CC1. The highest BCUT2D eigenvalue weighted by Gasteiger charge is 2.24. The summed E-state index contributed by atoms with van der Waals surface area (Å²) in [5, 5.41) is 18.9. The number of likely N-dealkylation sites (N-methyl/N-ethyl adjacent to an activating group) is 1. The molecule has 4 heterocycles. The first-order chi connectivity index (χ1) is 17.0. The topological polar surface area (TPSA) is 109 Å². The van der Waals surface area contributed by atoms with E-state index in [4.69, 9.17) is 4.98 Å². The molecule has 2 aliphatic rings. The summed E-state index contributed by atoms with van der Waals surface area (Å²) in [4.78, 5) is 33.4. The second kappa shape index (κ2) is 10.4. The molecule has 0 spiro atoms. The number of fused-ring (bicyclic) bond motifs is 1. The Bertz CT molecular complexity index is 1210. The molecule has 0 aliphatic carbocycles. The van der Waals surface area contributed by atoms with E-state index in [1.165, 1.54) is 17.0 Å². The van der Waals surface area contributed by atoms with E-state index in [0.29, 0.717) is 10.8 Å². The first-order valence-electron chi connectivity index (χ1n) is 12.1. The van der Waals surface area contributed by atoms with Crippen molar-refractivity contribution < 1.29 is 9.72 Å². The number of anilines is 1. The number of amides is 1. The zero-order chi connectivity index (χ0) is 24.4. The molecule has 2 fully saturated rings. The lowest BCUT2D eigenvalue weighted by Gasteiger charge is -2.32. The van der Waals surface area contributed by atoms with Gasteiger partial charge in [-0.25, -0.2) is 4.98 Å². The van der Waals surface area contributed by atoms with E-state index in [0.717, 1.165) is 87.4 Å². The van der Waals surface area contributed by atoms with Crippen LogP contribution in [0.5, 0.6) is 0 Å². The number of nitrogens with one attached hydrogen (secondary N) is 2. The summed E-state index contributed by atoms with van der Waals surface area (Å²) < 4.78 is 2.15. The fourth-order valence-electron chi connectivity index (χ4n) is 4.88. The van der Waals surface area contributed by atoms with Gasteiger partial charge in [0.05, 0.1) is 26.2 Å². The molecule has 2 aliphatic heterocycles. The van der Waals surface area contributed by atoms with Gasteiger partial charge in [-0.15, -0.1) is 11.3 Å². The molecule has 0 radical (unpaired) electrons. The molecule has 186 valence electrons. The molecule has 2 N–H and O–H groups in total. The second-order valence-electron chi connectivity index (χ2n) is 9.44. The smallest absolute Gasteiger partial charge is 0.280 e. The summed E-state index contributed by atoms with van der Waals surface area (Å²) in [5.41, 5.74) is 3.01. The Morgan fingerprint density at radius 1 is 1.26 bits per heavy atom. The number of hydrogen-bond donors (Lipinski definition) is 2. The van der Waals surface area contributed by atoms with Gasteiger partial charge < -0.3 is 14.8 Å². The number of carbonyl (C=O) groups excluding carboxylic acids is 1. The van der Waals surface area contributed by atoms with Crippen molar-refractivity contribution in [2.45, 2.75) is 31.8 Å². The van der Waals surface area contributed by atoms with Crippen LogP contribution in [0.3, 0.4) is 0 Å². The molecule has 2 aromatic heterocycles. The Hall–Kier alpha value is -2.86. The molecule has 1 atom stereocenters. The van der Waals surface area contributed by atoms with E-state index in [1.807, 2.05) is 6.07 Å². The maximum absolute atomic E-state index is 13.0. The number of piperazine rings is 1. The minimum absolute atomic E-state index is 0.0739. The van der Waals surface area contributed by atoms with Crippen LogP contribution in [0.1, 0.15) is 40.5 Å². The molecule has 1 aromatic carbocycles. The summed E-state index contributed by atoms with van der Waals surface area (Å²) in [6.45, 7) is 6.93. The molecule has 3 aromatic rings. The summed E-state index contributed by atoms with van der Waals surface area (Å²) in [7, 11) is 2.16. The first-order valence-corrected chi connectivity index (χ1v) is 13.0. The maximum atomic E-state index is 13.0. The Balaban J connectivity index is 1.46. The number of nitro groups is 1. The van der Waals surface area contributed by atoms with Crippen LogP contribution in [-0.4, -0.2) is 76.5 Å². The number of rotatable bonds is 6. The number of benzene rings is 1. The molecule has 5 rings (SSSR count). The molecular formula is C24H31N7O3S. The van der Waals surface area contributed by atoms with Crippen molar-refractivity contribution in [2.75, 3.05) is 51.6 Å². The lowest BCUT2D eigenvalue weighted by Crippen LogP contribution is -2.43. The van der Waals surface area contributed by atoms with Gasteiger partial charge in [0.2, 0.25) is 5.95 Å². The quantitative estimate of drug-likeness (QED) is 0.397. The first kappa shape index (κ1) is 23.9. The zero-order valence-electron chi connectivity index (χ0n) is 19.9. The number of carbonyl (C=O) groups is 1. The Kier molecular flexibility index (Phi) is 7.09. The standard InChI is InChI=1S/C24H31N7O3S/c1-28-8-10-29(11-9-28)15-17-5-6-20-21(12-17)30(18-4-2-3-7-25-14-18)24(26-20)27-23(32)22-13-19(16-35-22)31(33)34/h5-6,12-13,16,18,25H,2-4,7-11,14-15H2,1H3,(H,26,27,32)/t18-/m1/s1. The lowest BCUT2D eigenvalue weighted by molar-refractivity contribution is -0.384. The Morgan fingerprint density at radius 3 is 2.86 bits per heavy atom. The van der Waals surface area contributed by atoms with Crippen molar-refractivity contribution in [1.29, 1.82) is 0 Å². The van der Waals surface area contributed by atoms with Gasteiger partial charge in [0.1, 0.15) is 0 Å². The Labute approximate surface area is 208 Å². The monoisotopic (exact) mass is 497 g/mol. The summed E-state index contributed by atoms with van der Waals surface area (Å²) >= 11 is 1.07. The van der Waals surface area contributed by atoms with Gasteiger partial charge in [-0.2, -0.15) is 0 Å². The highest BCUT2D eigenvalue weighted by molar-refractivity contribution is 7.12. The van der Waals surface area contributed by atoms with Crippen molar-refractivity contribution in [3.05, 3.63) is 50.2 Å². The average Bonchev–Trinajstić information content (AvgIpc) is 3.38. The zero-order valence-corrected chi connectivity index (χ0v) is 20.7. The molecule has 10 nitrogen and oxygen atoms in total. The van der Waals surface area contributed by atoms with Gasteiger partial charge in [0.15, 0.2) is 0 Å². The van der Waals surface area contributed by atoms with Crippen LogP contribution in [-0.2, 0) is 6.54 Å². The molecule has 35 heavy (non-hydrogen) atoms. The van der Waals surface area contributed by atoms with Crippen molar-refractivity contribution in [1.82, 2.24) is 24.7 Å². The fraction of sp³-hybridized carbons (Fsp3) is 0.500. The maximum Gasteiger partial charge on any atom is 0.280 e. The number of nitrogens with zero attached hydrogens (tertiary/aromatic N) is 5. The normalized spacial score (nSPS) is 20.1. The molecule has 2 saturated heterocycles. The highest BCUT2D eigenvalue weighted by atomic mass is 32.1. The van der Waals surface area contributed by atoms with Gasteiger partial charge >= 0.3 is 0 Å². The Morgan fingerprint density at radius 2 is 2.09 bits per heavy atom. The molecule has 1 amide bonds. The van der Waals surface area contributed by atoms with Crippen LogP contribution in [0.4, 0.5) is 11.6 Å². The van der Waals surface area contributed by atoms with Gasteiger partial charge in [-0.3, -0.25) is 25.1 Å². The molecule has 0 bridgehead atoms. The van der Waals surface area contributed by atoms with Crippen LogP contribution in [0.15, 0.2) is 29.6 Å². The molecule has 0 saturated carbocycles. The van der Waals surface area contributed by atoms with E-state index in [-0.39, 0.29) is 17.6 Å². The van der Waals surface area contributed by atoms with Gasteiger partial charge in [0, 0.05) is 51.4 Å². The molecular weight excluding hydrogens is 466 g/mol. The predicted octanol–water partition coefficient (Wildman–Crippen LogP) is 3.32. The lowest BCUT2D eigenvalue weighted by atomic mass is 10.1. The fourth-order valence-corrected chi connectivity index (χ4v) is 5.63. The van der Waals surface area contributed by atoms with Crippen molar-refractivity contribution in [2.24, 2.45) is 0 Å². The largest absolute Gasteiger partial charge is 0.315 e. The number of hydrogen-bond acceptors (Lipinski definition) is 8. The summed E-state index contributed by atoms with van der Waals surface area (Å²) in [5.74, 6) is 0.116. The summed E-state index contributed by atoms with van der Waals surface area (Å²) in [6.07, 6.45) is 3.22. The van der Waals surface area contributed by atoms with E-state index < -0.39 is 4.92 Å². The van der Waals surface area contributed by atoms with Gasteiger partial charge in [-0.1, -0.05) is 12.5 Å². The third kappa shape index (κ3) is 5.37. The number of aromatic nitrogens is 2. The predicted molar refractivity (Wildman–Crippen MR) is 137 cm³/mol. The molecule has 11 heteroatoms. The van der Waals surface area contributed by atoms with Crippen molar-refractivity contribution in [3.8, 4) is 0 Å². The highest BCUT2D eigenvalue weighted by Crippen LogP contribution is 2.30. The van der Waals surface area contributed by atoms with E-state index >= 15 is 0 Å². The minimum atomic E-state index is -0.485.